The first-order chi connectivity index (χ1) is 5.43. The Hall–Kier alpha value is -0.830. The molecule has 70 valence electrons. The van der Waals surface area contributed by atoms with Gasteiger partial charge in [-0.2, -0.15) is 0 Å². The van der Waals surface area contributed by atoms with Crippen molar-refractivity contribution in [2.45, 2.75) is 33.3 Å². The van der Waals surface area contributed by atoms with E-state index in [1.807, 2.05) is 0 Å². The predicted molar refractivity (Wildman–Crippen MR) is 46.7 cm³/mol. The maximum absolute atomic E-state index is 11.1. The summed E-state index contributed by atoms with van der Waals surface area (Å²) in [5, 5.41) is 8.80. The van der Waals surface area contributed by atoms with Crippen LogP contribution in [0.25, 0.3) is 0 Å². The number of hydrogen-bond acceptors (Lipinski definition) is 3. The SMILES string of the molecule is CC=C(C)C(=O)OC(C)(C)CO. The molecule has 0 unspecified atom stereocenters. The zero-order valence-electron chi connectivity index (χ0n) is 8.05. The fourth-order valence-corrected chi connectivity index (χ4v) is 0.482. The summed E-state index contributed by atoms with van der Waals surface area (Å²) in [5.41, 5.74) is -0.238. The fraction of sp³-hybridized carbons (Fsp3) is 0.667. The Kier molecular flexibility index (Phi) is 3.96. The number of ether oxygens (including phenoxy) is 1. The monoisotopic (exact) mass is 172 g/mol. The second-order valence-corrected chi connectivity index (χ2v) is 3.28. The molecule has 0 heterocycles. The molecule has 0 atom stereocenters. The minimum absolute atomic E-state index is 0.171. The lowest BCUT2D eigenvalue weighted by atomic mass is 10.1. The van der Waals surface area contributed by atoms with Gasteiger partial charge in [0, 0.05) is 5.57 Å². The van der Waals surface area contributed by atoms with Crippen LogP contribution in [0.4, 0.5) is 0 Å². The average molecular weight is 172 g/mol. The standard InChI is InChI=1S/C9H16O3/c1-5-7(2)8(11)12-9(3,4)6-10/h5,10H,6H2,1-4H3. The van der Waals surface area contributed by atoms with Crippen LogP contribution in [0.3, 0.4) is 0 Å². The topological polar surface area (TPSA) is 46.5 Å². The van der Waals surface area contributed by atoms with Crippen LogP contribution in [-0.4, -0.2) is 23.3 Å². The van der Waals surface area contributed by atoms with Crippen molar-refractivity contribution in [3.05, 3.63) is 11.6 Å². The van der Waals surface area contributed by atoms with Gasteiger partial charge >= 0.3 is 5.97 Å². The van der Waals surface area contributed by atoms with Crippen LogP contribution in [0.1, 0.15) is 27.7 Å². The van der Waals surface area contributed by atoms with Crippen LogP contribution < -0.4 is 0 Å². The quantitative estimate of drug-likeness (QED) is 0.515. The summed E-state index contributed by atoms with van der Waals surface area (Å²) in [5.74, 6) is -0.378. The van der Waals surface area contributed by atoms with Crippen molar-refractivity contribution in [3.63, 3.8) is 0 Å². The van der Waals surface area contributed by atoms with E-state index < -0.39 is 5.60 Å². The maximum Gasteiger partial charge on any atom is 0.333 e. The molecular formula is C9H16O3. The molecule has 3 heteroatoms. The molecule has 0 saturated heterocycles. The molecule has 0 rings (SSSR count). The van der Waals surface area contributed by atoms with Crippen molar-refractivity contribution in [1.29, 1.82) is 0 Å². The van der Waals surface area contributed by atoms with E-state index in [4.69, 9.17) is 9.84 Å². The molecule has 1 N–H and O–H groups in total. The van der Waals surface area contributed by atoms with Crippen molar-refractivity contribution >= 4 is 5.97 Å². The molecule has 0 fully saturated rings. The molecule has 0 saturated carbocycles. The number of carbonyl (C=O) groups is 1. The summed E-state index contributed by atoms with van der Waals surface area (Å²) in [6.07, 6.45) is 1.68. The molecule has 3 nitrogen and oxygen atoms in total. The van der Waals surface area contributed by atoms with E-state index in [9.17, 15) is 4.79 Å². The van der Waals surface area contributed by atoms with Gasteiger partial charge in [0.05, 0.1) is 6.61 Å². The van der Waals surface area contributed by atoms with Crippen molar-refractivity contribution in [2.75, 3.05) is 6.61 Å². The van der Waals surface area contributed by atoms with Gasteiger partial charge in [0.1, 0.15) is 5.60 Å². The van der Waals surface area contributed by atoms with Gasteiger partial charge in [-0.15, -0.1) is 0 Å². The smallest absolute Gasteiger partial charge is 0.333 e. The second-order valence-electron chi connectivity index (χ2n) is 3.28. The highest BCUT2D eigenvalue weighted by Gasteiger charge is 2.21. The third-order valence-corrected chi connectivity index (χ3v) is 1.50. The van der Waals surface area contributed by atoms with Crippen LogP contribution in [0.2, 0.25) is 0 Å². The fourth-order valence-electron chi connectivity index (χ4n) is 0.482. The first kappa shape index (κ1) is 11.2. The second kappa shape index (κ2) is 4.26. The Morgan fingerprint density at radius 1 is 1.58 bits per heavy atom. The molecule has 12 heavy (non-hydrogen) atoms. The first-order valence-electron chi connectivity index (χ1n) is 3.90. The molecule has 0 spiro atoms. The molecule has 0 bridgehead atoms. The zero-order chi connectivity index (χ0) is 9.78. The van der Waals surface area contributed by atoms with Gasteiger partial charge in [-0.1, -0.05) is 6.08 Å². The third kappa shape index (κ3) is 3.53. The summed E-state index contributed by atoms with van der Waals surface area (Å²) in [7, 11) is 0. The Morgan fingerprint density at radius 2 is 2.08 bits per heavy atom. The van der Waals surface area contributed by atoms with E-state index in [0.717, 1.165) is 0 Å². The van der Waals surface area contributed by atoms with E-state index in [1.165, 1.54) is 0 Å². The third-order valence-electron chi connectivity index (χ3n) is 1.50. The van der Waals surface area contributed by atoms with Crippen LogP contribution in [0.5, 0.6) is 0 Å². The van der Waals surface area contributed by atoms with Gasteiger partial charge in [-0.25, -0.2) is 4.79 Å². The number of carbonyl (C=O) groups excluding carboxylic acids is 1. The lowest BCUT2D eigenvalue weighted by Gasteiger charge is -2.22. The van der Waals surface area contributed by atoms with Gasteiger partial charge < -0.3 is 9.84 Å². The van der Waals surface area contributed by atoms with Crippen LogP contribution in [0.15, 0.2) is 11.6 Å². The van der Waals surface area contributed by atoms with Gasteiger partial charge in [-0.05, 0) is 27.7 Å². The molecule has 0 aliphatic heterocycles. The number of esters is 1. The molecule has 0 aliphatic rings. The minimum Gasteiger partial charge on any atom is -0.454 e. The number of allylic oxidation sites excluding steroid dienone is 1. The Labute approximate surface area is 73.0 Å². The molecule has 0 radical (unpaired) electrons. The molecule has 0 aromatic rings. The summed E-state index contributed by atoms with van der Waals surface area (Å²) < 4.78 is 4.98. The number of rotatable bonds is 3. The Balaban J connectivity index is 4.19. The normalized spacial score (nSPS) is 12.9. The number of aliphatic hydroxyl groups is 1. The van der Waals surface area contributed by atoms with E-state index in [1.54, 1.807) is 33.8 Å². The minimum atomic E-state index is -0.790. The molecule has 0 aromatic carbocycles. The lowest BCUT2D eigenvalue weighted by molar-refractivity contribution is -0.154. The summed E-state index contributed by atoms with van der Waals surface area (Å²) in [6.45, 7) is 6.59. The van der Waals surface area contributed by atoms with E-state index in [-0.39, 0.29) is 12.6 Å². The van der Waals surface area contributed by atoms with E-state index in [2.05, 4.69) is 0 Å². The highest BCUT2D eigenvalue weighted by atomic mass is 16.6. The highest BCUT2D eigenvalue weighted by molar-refractivity contribution is 5.87. The number of hydrogen-bond donors (Lipinski definition) is 1. The van der Waals surface area contributed by atoms with Crippen molar-refractivity contribution in [3.8, 4) is 0 Å². The Bertz CT molecular complexity index is 192. The summed E-state index contributed by atoms with van der Waals surface area (Å²) in [4.78, 5) is 11.1. The predicted octanol–water partition coefficient (Wildman–Crippen LogP) is 1.27. The molecule has 0 aliphatic carbocycles. The van der Waals surface area contributed by atoms with Gasteiger partial charge in [0.15, 0.2) is 0 Å². The Morgan fingerprint density at radius 3 is 2.42 bits per heavy atom. The first-order valence-corrected chi connectivity index (χ1v) is 3.90. The largest absolute Gasteiger partial charge is 0.454 e. The highest BCUT2D eigenvalue weighted by Crippen LogP contribution is 2.10. The molecular weight excluding hydrogens is 156 g/mol. The van der Waals surface area contributed by atoms with Crippen LogP contribution in [0, 0.1) is 0 Å². The van der Waals surface area contributed by atoms with Gasteiger partial charge in [-0.3, -0.25) is 0 Å². The van der Waals surface area contributed by atoms with Gasteiger partial charge in [0.25, 0.3) is 0 Å². The van der Waals surface area contributed by atoms with Crippen LogP contribution >= 0.6 is 0 Å². The lowest BCUT2D eigenvalue weighted by Crippen LogP contribution is -2.32. The van der Waals surface area contributed by atoms with E-state index >= 15 is 0 Å². The van der Waals surface area contributed by atoms with Crippen molar-refractivity contribution < 1.29 is 14.6 Å². The number of aliphatic hydroxyl groups excluding tert-OH is 1. The van der Waals surface area contributed by atoms with Crippen molar-refractivity contribution in [2.24, 2.45) is 0 Å². The van der Waals surface area contributed by atoms with Crippen molar-refractivity contribution in [1.82, 2.24) is 0 Å². The van der Waals surface area contributed by atoms with Gasteiger partial charge in [0.2, 0.25) is 0 Å². The van der Waals surface area contributed by atoms with E-state index in [0.29, 0.717) is 5.57 Å². The molecule has 0 aromatic heterocycles. The zero-order valence-corrected chi connectivity index (χ0v) is 8.05. The average Bonchev–Trinajstić information content (AvgIpc) is 2.02. The van der Waals surface area contributed by atoms with Crippen LogP contribution in [-0.2, 0) is 9.53 Å². The summed E-state index contributed by atoms with van der Waals surface area (Å²) in [6, 6.07) is 0. The maximum atomic E-state index is 11.1. The summed E-state index contributed by atoms with van der Waals surface area (Å²) >= 11 is 0. The molecule has 0 amide bonds.